The average Bonchev–Trinajstić information content (AvgIpc) is 2.74. The van der Waals surface area contributed by atoms with E-state index in [1.54, 1.807) is 0 Å². The second-order valence-electron chi connectivity index (χ2n) is 8.32. The Kier molecular flexibility index (Phi) is 9.51. The Morgan fingerprint density at radius 2 is 1.60 bits per heavy atom. The van der Waals surface area contributed by atoms with Crippen molar-refractivity contribution < 1.29 is 44.7 Å². The van der Waals surface area contributed by atoms with Crippen LogP contribution in [0.5, 0.6) is 0 Å². The largest absolute Gasteiger partial charge is 0.481 e. The number of rotatable bonds is 11. The molecule has 1 aromatic carbocycles. The molecule has 0 radical (unpaired) electrons. The maximum atomic E-state index is 13.1. The Morgan fingerprint density at radius 1 is 1.03 bits per heavy atom. The number of halogens is 6. The van der Waals surface area contributed by atoms with E-state index in [9.17, 15) is 39.6 Å². The highest BCUT2D eigenvalue weighted by Gasteiger charge is 2.38. The van der Waals surface area contributed by atoms with Crippen molar-refractivity contribution in [3.63, 3.8) is 0 Å². The first-order valence-corrected chi connectivity index (χ1v) is 12.4. The standard InChI is InChI=1S/C22H26F6N2O4S/c23-21(24,25)15-10-16(22(26,27)28)12-17(11-15)35(33,34)30-19-8-5-7-14(18(19)13-29)6-3-1-2-4-9-20(31)32/h10-13,19,29-30H,1-9H2,(H,31,32). The highest BCUT2D eigenvalue weighted by atomic mass is 32.2. The molecule has 0 aromatic heterocycles. The molecule has 0 amide bonds. The quantitative estimate of drug-likeness (QED) is 0.188. The van der Waals surface area contributed by atoms with E-state index in [4.69, 9.17) is 10.5 Å². The van der Waals surface area contributed by atoms with Crippen molar-refractivity contribution in [3.8, 4) is 0 Å². The molecule has 0 spiro atoms. The third-order valence-corrected chi connectivity index (χ3v) is 7.15. The zero-order chi connectivity index (χ0) is 26.4. The second-order valence-corrected chi connectivity index (χ2v) is 10.0. The van der Waals surface area contributed by atoms with Gasteiger partial charge in [-0.05, 0) is 62.3 Å². The number of carboxylic acid groups (broad SMARTS) is 1. The summed E-state index contributed by atoms with van der Waals surface area (Å²) < 4.78 is 107. The Hall–Kier alpha value is -2.41. The van der Waals surface area contributed by atoms with Gasteiger partial charge in [0.25, 0.3) is 0 Å². The van der Waals surface area contributed by atoms with Crippen LogP contribution in [0.1, 0.15) is 68.9 Å². The molecule has 1 unspecified atom stereocenters. The van der Waals surface area contributed by atoms with Crippen molar-refractivity contribution in [1.29, 1.82) is 5.41 Å². The van der Waals surface area contributed by atoms with Gasteiger partial charge in [-0.1, -0.05) is 18.4 Å². The minimum atomic E-state index is -5.19. The van der Waals surface area contributed by atoms with Crippen molar-refractivity contribution in [2.75, 3.05) is 0 Å². The lowest BCUT2D eigenvalue weighted by atomic mass is 9.86. The summed E-state index contributed by atoms with van der Waals surface area (Å²) >= 11 is 0. The van der Waals surface area contributed by atoms with Gasteiger partial charge in [-0.25, -0.2) is 13.1 Å². The number of unbranched alkanes of at least 4 members (excludes halogenated alkanes) is 3. The topological polar surface area (TPSA) is 107 Å². The van der Waals surface area contributed by atoms with E-state index in [-0.39, 0.29) is 31.0 Å². The normalized spacial score (nSPS) is 17.5. The van der Waals surface area contributed by atoms with Gasteiger partial charge in [0.05, 0.1) is 16.0 Å². The van der Waals surface area contributed by atoms with Crippen LogP contribution in [0.3, 0.4) is 0 Å². The number of sulfonamides is 1. The van der Waals surface area contributed by atoms with Gasteiger partial charge in [0.15, 0.2) is 0 Å². The molecule has 1 aromatic rings. The molecule has 1 aliphatic rings. The minimum Gasteiger partial charge on any atom is -0.481 e. The summed E-state index contributed by atoms with van der Waals surface area (Å²) in [5, 5.41) is 16.4. The number of aliphatic carboxylic acids is 1. The van der Waals surface area contributed by atoms with Crippen molar-refractivity contribution in [2.24, 2.45) is 0 Å². The molecule has 0 aliphatic heterocycles. The zero-order valence-corrected chi connectivity index (χ0v) is 19.4. The van der Waals surface area contributed by atoms with Crippen LogP contribution in [0.25, 0.3) is 0 Å². The van der Waals surface area contributed by atoms with Gasteiger partial charge in [-0.2, -0.15) is 26.3 Å². The highest BCUT2D eigenvalue weighted by molar-refractivity contribution is 7.89. The zero-order valence-electron chi connectivity index (χ0n) is 18.6. The molecule has 0 saturated heterocycles. The predicted molar refractivity (Wildman–Crippen MR) is 116 cm³/mol. The van der Waals surface area contributed by atoms with Crippen LogP contribution >= 0.6 is 0 Å². The Labute approximate surface area is 199 Å². The van der Waals surface area contributed by atoms with E-state index in [2.05, 4.69) is 4.72 Å². The number of hydrogen-bond acceptors (Lipinski definition) is 4. The lowest BCUT2D eigenvalue weighted by Gasteiger charge is -2.27. The van der Waals surface area contributed by atoms with E-state index in [1.165, 1.54) is 0 Å². The summed E-state index contributed by atoms with van der Waals surface area (Å²) in [4.78, 5) is 9.39. The minimum absolute atomic E-state index is 0.0594. The maximum absolute atomic E-state index is 13.1. The summed E-state index contributed by atoms with van der Waals surface area (Å²) in [6.45, 7) is 0. The molecule has 1 aliphatic carbocycles. The number of alkyl halides is 6. The predicted octanol–water partition coefficient (Wildman–Crippen LogP) is 5.93. The molecule has 0 saturated carbocycles. The SMILES string of the molecule is N=CC1=C(CCCCCCC(=O)O)CCCC1NS(=O)(=O)c1cc(C(F)(F)F)cc(C(F)(F)F)c1. The number of benzene rings is 1. The fourth-order valence-electron chi connectivity index (χ4n) is 3.97. The van der Waals surface area contributed by atoms with Crippen LogP contribution in [-0.4, -0.2) is 31.8 Å². The number of allylic oxidation sites excluding steroid dienone is 1. The van der Waals surface area contributed by atoms with Gasteiger partial charge >= 0.3 is 18.3 Å². The Balaban J connectivity index is 2.25. The molecule has 6 nitrogen and oxygen atoms in total. The first-order valence-electron chi connectivity index (χ1n) is 10.9. The van der Waals surface area contributed by atoms with E-state index in [0.717, 1.165) is 18.2 Å². The van der Waals surface area contributed by atoms with Crippen LogP contribution in [0.4, 0.5) is 26.3 Å². The Morgan fingerprint density at radius 3 is 2.11 bits per heavy atom. The van der Waals surface area contributed by atoms with Gasteiger partial charge < -0.3 is 10.5 Å². The monoisotopic (exact) mass is 528 g/mol. The lowest BCUT2D eigenvalue weighted by Crippen LogP contribution is -2.39. The molecule has 0 fully saturated rings. The third-order valence-electron chi connectivity index (χ3n) is 5.70. The highest BCUT2D eigenvalue weighted by Crippen LogP contribution is 2.37. The van der Waals surface area contributed by atoms with Crippen LogP contribution in [0.2, 0.25) is 0 Å². The van der Waals surface area contributed by atoms with E-state index >= 15 is 0 Å². The lowest BCUT2D eigenvalue weighted by molar-refractivity contribution is -0.143. The van der Waals surface area contributed by atoms with Gasteiger partial charge in [0, 0.05) is 18.7 Å². The smallest absolute Gasteiger partial charge is 0.416 e. The van der Waals surface area contributed by atoms with Crippen molar-refractivity contribution in [2.45, 2.75) is 81.1 Å². The molecular formula is C22H26F6N2O4S. The number of carbonyl (C=O) groups is 1. The summed E-state index contributed by atoms with van der Waals surface area (Å²) in [5.74, 6) is -0.885. The molecule has 2 rings (SSSR count). The fraction of sp³-hybridized carbons (Fsp3) is 0.545. The number of nitrogens with one attached hydrogen (secondary N) is 2. The third kappa shape index (κ3) is 8.34. The first kappa shape index (κ1) is 28.8. The first-order chi connectivity index (χ1) is 16.1. The Bertz CT molecular complexity index is 1030. The molecule has 0 heterocycles. The van der Waals surface area contributed by atoms with Crippen molar-refractivity contribution >= 4 is 22.2 Å². The van der Waals surface area contributed by atoms with E-state index in [0.29, 0.717) is 44.1 Å². The summed E-state index contributed by atoms with van der Waals surface area (Å²) in [6, 6.07) is -0.785. The number of carboxylic acids is 1. The molecule has 1 atom stereocenters. The van der Waals surface area contributed by atoms with Gasteiger partial charge in [-0.3, -0.25) is 4.79 Å². The second kappa shape index (κ2) is 11.5. The van der Waals surface area contributed by atoms with Crippen LogP contribution in [0.15, 0.2) is 34.2 Å². The van der Waals surface area contributed by atoms with Gasteiger partial charge in [0.1, 0.15) is 0 Å². The van der Waals surface area contributed by atoms with Crippen LogP contribution < -0.4 is 4.72 Å². The molecule has 196 valence electrons. The molecule has 0 bridgehead atoms. The van der Waals surface area contributed by atoms with E-state index in [1.807, 2.05) is 0 Å². The average molecular weight is 529 g/mol. The maximum Gasteiger partial charge on any atom is 0.416 e. The summed E-state index contributed by atoms with van der Waals surface area (Å²) in [6.07, 6.45) is -4.88. The van der Waals surface area contributed by atoms with Crippen LogP contribution in [0, 0.1) is 5.41 Å². The summed E-state index contributed by atoms with van der Waals surface area (Å²) in [7, 11) is -4.78. The van der Waals surface area contributed by atoms with Crippen LogP contribution in [-0.2, 0) is 27.2 Å². The van der Waals surface area contributed by atoms with Crippen molar-refractivity contribution in [1.82, 2.24) is 4.72 Å². The van der Waals surface area contributed by atoms with Crippen molar-refractivity contribution in [3.05, 3.63) is 40.5 Å². The molecule has 3 N–H and O–H groups in total. The fourth-order valence-corrected chi connectivity index (χ4v) is 5.28. The molecule has 13 heteroatoms. The molecular weight excluding hydrogens is 502 g/mol. The molecule has 35 heavy (non-hydrogen) atoms. The number of hydrogen-bond donors (Lipinski definition) is 3. The van der Waals surface area contributed by atoms with Gasteiger partial charge in [-0.15, -0.1) is 0 Å². The summed E-state index contributed by atoms with van der Waals surface area (Å²) in [5.41, 5.74) is -2.34. The van der Waals surface area contributed by atoms with Gasteiger partial charge in [0.2, 0.25) is 10.0 Å². The van der Waals surface area contributed by atoms with E-state index < -0.39 is 50.4 Å².